The lowest BCUT2D eigenvalue weighted by Crippen LogP contribution is -2.55. The topological polar surface area (TPSA) is 65.8 Å². The van der Waals surface area contributed by atoms with Crippen LogP contribution in [-0.2, 0) is 18.3 Å². The van der Waals surface area contributed by atoms with Crippen LogP contribution >= 0.6 is 24.0 Å². The van der Waals surface area contributed by atoms with Gasteiger partial charge < -0.3 is 15.1 Å². The first-order chi connectivity index (χ1) is 14.6. The summed E-state index contributed by atoms with van der Waals surface area (Å²) in [5, 5.41) is 10.0. The van der Waals surface area contributed by atoms with E-state index in [4.69, 9.17) is 4.99 Å². The van der Waals surface area contributed by atoms with Crippen LogP contribution in [0.25, 0.3) is 10.8 Å². The minimum atomic E-state index is 0. The second-order valence-electron chi connectivity index (χ2n) is 7.51. The molecule has 1 aromatic heterocycles. The van der Waals surface area contributed by atoms with Gasteiger partial charge in [-0.1, -0.05) is 42.5 Å². The van der Waals surface area contributed by atoms with E-state index in [9.17, 15) is 4.79 Å². The Morgan fingerprint density at radius 3 is 2.68 bits per heavy atom. The summed E-state index contributed by atoms with van der Waals surface area (Å²) in [5.41, 5.74) is 2.12. The zero-order valence-electron chi connectivity index (χ0n) is 18.0. The third-order valence-corrected chi connectivity index (χ3v) is 5.33. The predicted octanol–water partition coefficient (Wildman–Crippen LogP) is 3.05. The first kappa shape index (κ1) is 23.1. The summed E-state index contributed by atoms with van der Waals surface area (Å²) < 4.78 is 1.72. The van der Waals surface area contributed by atoms with Crippen molar-refractivity contribution in [3.05, 3.63) is 60.4 Å². The summed E-state index contributed by atoms with van der Waals surface area (Å²) in [4.78, 5) is 21.3. The number of fused-ring (bicyclic) bond motifs is 1. The van der Waals surface area contributed by atoms with Gasteiger partial charge in [-0.15, -0.1) is 24.0 Å². The molecule has 31 heavy (non-hydrogen) atoms. The van der Waals surface area contributed by atoms with Gasteiger partial charge in [0.1, 0.15) is 6.54 Å². The third kappa shape index (κ3) is 5.55. The van der Waals surface area contributed by atoms with Crippen molar-refractivity contribution in [1.82, 2.24) is 20.0 Å². The highest BCUT2D eigenvalue weighted by molar-refractivity contribution is 14.0. The number of hydrogen-bond acceptors (Lipinski definition) is 3. The number of aryl methyl sites for hydroxylation is 1. The van der Waals surface area contributed by atoms with Gasteiger partial charge in [0.15, 0.2) is 5.96 Å². The average Bonchev–Trinajstić information content (AvgIpc) is 3.19. The van der Waals surface area contributed by atoms with Crippen molar-refractivity contribution in [2.75, 3.05) is 37.6 Å². The molecule has 1 saturated heterocycles. The molecule has 0 unspecified atom stereocenters. The normalized spacial score (nSPS) is 14.6. The quantitative estimate of drug-likeness (QED) is 0.312. The molecule has 0 saturated carbocycles. The molecule has 3 aromatic rings. The highest BCUT2D eigenvalue weighted by atomic mass is 127. The number of hydrogen-bond donors (Lipinski definition) is 1. The van der Waals surface area contributed by atoms with E-state index in [1.807, 2.05) is 25.1 Å². The monoisotopic (exact) mass is 532 g/mol. The molecule has 4 rings (SSSR count). The number of halogens is 1. The Hall–Kier alpha value is -2.62. The predicted molar refractivity (Wildman–Crippen MR) is 136 cm³/mol. The van der Waals surface area contributed by atoms with Crippen LogP contribution < -0.4 is 10.2 Å². The minimum absolute atomic E-state index is 0. The Kier molecular flexibility index (Phi) is 7.89. The van der Waals surface area contributed by atoms with Gasteiger partial charge in [-0.3, -0.25) is 14.5 Å². The number of aromatic nitrogens is 2. The van der Waals surface area contributed by atoms with Crippen LogP contribution in [0.3, 0.4) is 0 Å². The van der Waals surface area contributed by atoms with Crippen molar-refractivity contribution in [1.29, 1.82) is 0 Å². The second-order valence-corrected chi connectivity index (χ2v) is 7.51. The van der Waals surface area contributed by atoms with Crippen molar-refractivity contribution in [3.63, 3.8) is 0 Å². The van der Waals surface area contributed by atoms with Crippen molar-refractivity contribution in [3.8, 4) is 0 Å². The van der Waals surface area contributed by atoms with Crippen molar-refractivity contribution in [2.24, 2.45) is 12.0 Å². The van der Waals surface area contributed by atoms with Gasteiger partial charge in [0.05, 0.1) is 11.9 Å². The summed E-state index contributed by atoms with van der Waals surface area (Å²) in [7, 11) is 1.86. The molecule has 1 amide bonds. The Morgan fingerprint density at radius 2 is 1.97 bits per heavy atom. The number of rotatable bonds is 5. The lowest BCUT2D eigenvalue weighted by Gasteiger charge is -2.35. The van der Waals surface area contributed by atoms with Crippen LogP contribution in [0.4, 0.5) is 5.69 Å². The van der Waals surface area contributed by atoms with E-state index in [1.54, 1.807) is 15.8 Å². The van der Waals surface area contributed by atoms with Crippen LogP contribution in [0.1, 0.15) is 12.5 Å². The van der Waals surface area contributed by atoms with Gasteiger partial charge in [0.25, 0.3) is 0 Å². The number of piperazine rings is 1. The summed E-state index contributed by atoms with van der Waals surface area (Å²) in [5.74, 6) is 0.867. The zero-order chi connectivity index (χ0) is 20.9. The number of carbonyl (C=O) groups is 1. The maximum absolute atomic E-state index is 12.7. The molecule has 2 aromatic carbocycles. The van der Waals surface area contributed by atoms with E-state index in [1.165, 1.54) is 16.3 Å². The maximum atomic E-state index is 12.7. The Bertz CT molecular complexity index is 1060. The fourth-order valence-electron chi connectivity index (χ4n) is 3.79. The van der Waals surface area contributed by atoms with Crippen LogP contribution in [0, 0.1) is 0 Å². The molecule has 7 nitrogen and oxygen atoms in total. The summed E-state index contributed by atoms with van der Waals surface area (Å²) in [6.07, 6.45) is 4.47. The maximum Gasteiger partial charge on any atom is 0.246 e. The molecule has 1 aliphatic heterocycles. The molecular weight excluding hydrogens is 503 g/mol. The van der Waals surface area contributed by atoms with Crippen LogP contribution in [-0.4, -0.2) is 59.3 Å². The molecule has 2 heterocycles. The number of aliphatic imine (C=N–C) groups is 1. The van der Waals surface area contributed by atoms with E-state index in [2.05, 4.69) is 52.9 Å². The van der Waals surface area contributed by atoms with E-state index in [-0.39, 0.29) is 29.9 Å². The van der Waals surface area contributed by atoms with Crippen molar-refractivity contribution in [2.45, 2.75) is 13.3 Å². The summed E-state index contributed by atoms with van der Waals surface area (Å²) in [6, 6.07) is 15.0. The van der Waals surface area contributed by atoms with Gasteiger partial charge in [-0.2, -0.15) is 5.10 Å². The molecule has 8 heteroatoms. The number of carbonyl (C=O) groups excluding carboxylic acids is 1. The molecule has 0 bridgehead atoms. The van der Waals surface area contributed by atoms with Crippen molar-refractivity contribution >= 4 is 52.3 Å². The van der Waals surface area contributed by atoms with Crippen molar-refractivity contribution < 1.29 is 4.79 Å². The summed E-state index contributed by atoms with van der Waals surface area (Å²) in [6.45, 7) is 5.18. The molecule has 1 fully saturated rings. The number of nitrogens with one attached hydrogen (secondary N) is 1. The first-order valence-electron chi connectivity index (χ1n) is 10.4. The molecule has 0 atom stereocenters. The molecule has 1 N–H and O–H groups in total. The Balaban J connectivity index is 0.00000272. The zero-order valence-corrected chi connectivity index (χ0v) is 20.3. The fourth-order valence-corrected chi connectivity index (χ4v) is 3.79. The van der Waals surface area contributed by atoms with Gasteiger partial charge in [-0.25, -0.2) is 0 Å². The highest BCUT2D eigenvalue weighted by Gasteiger charge is 2.27. The largest absolute Gasteiger partial charge is 0.357 e. The van der Waals surface area contributed by atoms with Gasteiger partial charge >= 0.3 is 0 Å². The Morgan fingerprint density at radius 1 is 1.16 bits per heavy atom. The van der Waals surface area contributed by atoms with Crippen LogP contribution in [0.2, 0.25) is 0 Å². The first-order valence-corrected chi connectivity index (χ1v) is 10.4. The lowest BCUT2D eigenvalue weighted by molar-refractivity contribution is -0.120. The number of nitrogens with zero attached hydrogens (tertiary/aromatic N) is 5. The Labute approximate surface area is 200 Å². The van der Waals surface area contributed by atoms with E-state index < -0.39 is 0 Å². The van der Waals surface area contributed by atoms with Gasteiger partial charge in [0.2, 0.25) is 5.91 Å². The average molecular weight is 532 g/mol. The standard InChI is InChI=1S/C23H28N6O.HI/c1-3-24-23(25-11-10-18-8-9-19-6-4-5-7-20(19)14-18)28-12-13-29(22(30)17-28)21-15-26-27(2)16-21;/h4-9,14-16H,3,10-13,17H2,1-2H3,(H,24,25);1H. The fraction of sp³-hybridized carbons (Fsp3) is 0.348. The van der Waals surface area contributed by atoms with E-state index in [0.717, 1.165) is 31.2 Å². The SMILES string of the molecule is CCNC(=NCCc1ccc2ccccc2c1)N1CCN(c2cnn(C)c2)C(=O)C1.I. The van der Waals surface area contributed by atoms with Gasteiger partial charge in [-0.05, 0) is 29.7 Å². The third-order valence-electron chi connectivity index (χ3n) is 5.33. The van der Waals surface area contributed by atoms with E-state index >= 15 is 0 Å². The van der Waals surface area contributed by atoms with E-state index in [0.29, 0.717) is 19.6 Å². The summed E-state index contributed by atoms with van der Waals surface area (Å²) >= 11 is 0. The molecule has 0 aliphatic carbocycles. The number of guanidine groups is 1. The lowest BCUT2D eigenvalue weighted by atomic mass is 10.1. The number of amides is 1. The van der Waals surface area contributed by atoms with Crippen LogP contribution in [0.5, 0.6) is 0 Å². The molecule has 0 spiro atoms. The van der Waals surface area contributed by atoms with Gasteiger partial charge in [0, 0.05) is 39.4 Å². The highest BCUT2D eigenvalue weighted by Crippen LogP contribution is 2.17. The molecule has 1 aliphatic rings. The van der Waals surface area contributed by atoms with Crippen LogP contribution in [0.15, 0.2) is 59.9 Å². The minimum Gasteiger partial charge on any atom is -0.357 e. The number of anilines is 1. The molecule has 164 valence electrons. The second kappa shape index (κ2) is 10.6. The molecular formula is C23H29IN6O. The molecule has 0 radical (unpaired) electrons. The smallest absolute Gasteiger partial charge is 0.246 e. The number of benzene rings is 2.